The van der Waals surface area contributed by atoms with Gasteiger partial charge < -0.3 is 4.74 Å². The molecule has 1 heterocycles. The molecule has 0 amide bonds. The van der Waals surface area contributed by atoms with Gasteiger partial charge in [-0.05, 0) is 19.1 Å². The molecule has 0 radical (unpaired) electrons. The molecule has 4 heteroatoms. The number of rotatable bonds is 1. The largest absolute Gasteiger partial charge is 0.468 e. The number of carbonyl (C=O) groups excluding carboxylic acids is 1. The third-order valence-corrected chi connectivity index (χ3v) is 3.59. The first-order chi connectivity index (χ1) is 5.61. The monoisotopic (exact) mass is 192 g/mol. The van der Waals surface area contributed by atoms with Crippen molar-refractivity contribution in [3.8, 4) is 0 Å². The number of halogens is 1. The number of ether oxygens (including phenoxy) is 1. The van der Waals surface area contributed by atoms with Crippen molar-refractivity contribution in [2.75, 3.05) is 18.6 Å². The van der Waals surface area contributed by atoms with Gasteiger partial charge in [0.1, 0.15) is 11.6 Å². The molecule has 1 fully saturated rings. The highest BCUT2D eigenvalue weighted by Gasteiger charge is 2.44. The molecular formula is C8H13FO2S. The fraction of sp³-hybridized carbons (Fsp3) is 0.875. The Kier molecular flexibility index (Phi) is 2.99. The van der Waals surface area contributed by atoms with Crippen LogP contribution in [0.1, 0.15) is 13.3 Å². The van der Waals surface area contributed by atoms with Crippen LogP contribution in [0.3, 0.4) is 0 Å². The molecule has 0 saturated carbocycles. The first kappa shape index (κ1) is 9.84. The number of thioether (sulfide) groups is 1. The van der Waals surface area contributed by atoms with Gasteiger partial charge in [0.05, 0.1) is 7.11 Å². The number of hydrogen-bond donors (Lipinski definition) is 0. The first-order valence-electron chi connectivity index (χ1n) is 3.91. The summed E-state index contributed by atoms with van der Waals surface area (Å²) in [5.74, 6) is 0.899. The van der Waals surface area contributed by atoms with Gasteiger partial charge in [0.2, 0.25) is 0 Å². The lowest BCUT2D eigenvalue weighted by molar-refractivity contribution is -0.154. The molecule has 0 aromatic rings. The molecule has 0 bridgehead atoms. The van der Waals surface area contributed by atoms with E-state index in [0.29, 0.717) is 12.2 Å². The molecular weight excluding hydrogens is 179 g/mol. The normalized spacial score (nSPS) is 36.1. The number of esters is 1. The molecule has 0 spiro atoms. The molecule has 12 heavy (non-hydrogen) atoms. The Morgan fingerprint density at radius 2 is 2.42 bits per heavy atom. The Labute approximate surface area is 75.9 Å². The van der Waals surface area contributed by atoms with Crippen LogP contribution in [0.25, 0.3) is 0 Å². The zero-order valence-electron chi connectivity index (χ0n) is 7.30. The van der Waals surface area contributed by atoms with Crippen LogP contribution in [0.4, 0.5) is 4.39 Å². The van der Waals surface area contributed by atoms with Gasteiger partial charge in [0, 0.05) is 5.75 Å². The van der Waals surface area contributed by atoms with E-state index >= 15 is 0 Å². The Morgan fingerprint density at radius 3 is 2.92 bits per heavy atom. The summed E-state index contributed by atoms with van der Waals surface area (Å²) in [7, 11) is 1.31. The molecule has 70 valence electrons. The maximum Gasteiger partial charge on any atom is 0.315 e. The van der Waals surface area contributed by atoms with Crippen molar-refractivity contribution in [3.05, 3.63) is 0 Å². The van der Waals surface area contributed by atoms with Crippen LogP contribution < -0.4 is 0 Å². The average molecular weight is 192 g/mol. The number of alkyl halides is 1. The van der Waals surface area contributed by atoms with Crippen LogP contribution in [0.5, 0.6) is 0 Å². The Morgan fingerprint density at radius 1 is 1.75 bits per heavy atom. The van der Waals surface area contributed by atoms with E-state index in [2.05, 4.69) is 4.74 Å². The van der Waals surface area contributed by atoms with Crippen molar-refractivity contribution < 1.29 is 13.9 Å². The average Bonchev–Trinajstić information content (AvgIpc) is 2.09. The molecule has 2 atom stereocenters. The van der Waals surface area contributed by atoms with Gasteiger partial charge in [-0.3, -0.25) is 4.79 Å². The molecule has 2 unspecified atom stereocenters. The first-order valence-corrected chi connectivity index (χ1v) is 5.07. The summed E-state index contributed by atoms with van der Waals surface area (Å²) < 4.78 is 17.9. The third kappa shape index (κ3) is 1.58. The quantitative estimate of drug-likeness (QED) is 0.591. The summed E-state index contributed by atoms with van der Waals surface area (Å²) in [6.45, 7) is 1.63. The molecule has 0 N–H and O–H groups in total. The zero-order valence-corrected chi connectivity index (χ0v) is 8.12. The van der Waals surface area contributed by atoms with E-state index < -0.39 is 17.6 Å². The van der Waals surface area contributed by atoms with Gasteiger partial charge in [-0.1, -0.05) is 0 Å². The van der Waals surface area contributed by atoms with E-state index in [9.17, 15) is 9.18 Å². The molecule has 1 saturated heterocycles. The Bertz CT molecular complexity index is 186. The Balaban J connectivity index is 2.72. The minimum Gasteiger partial charge on any atom is -0.468 e. The summed E-state index contributed by atoms with van der Waals surface area (Å²) in [4.78, 5) is 11.2. The molecule has 1 aliphatic rings. The molecule has 1 rings (SSSR count). The smallest absolute Gasteiger partial charge is 0.315 e. The van der Waals surface area contributed by atoms with Gasteiger partial charge >= 0.3 is 5.97 Å². The molecule has 0 aromatic heterocycles. The molecule has 0 aromatic carbocycles. The van der Waals surface area contributed by atoms with E-state index in [1.165, 1.54) is 7.11 Å². The van der Waals surface area contributed by atoms with Crippen molar-refractivity contribution in [1.29, 1.82) is 0 Å². The van der Waals surface area contributed by atoms with Crippen molar-refractivity contribution in [2.24, 2.45) is 5.41 Å². The van der Waals surface area contributed by atoms with Crippen molar-refractivity contribution in [3.63, 3.8) is 0 Å². The third-order valence-electron chi connectivity index (χ3n) is 2.26. The fourth-order valence-electron chi connectivity index (χ4n) is 1.30. The van der Waals surface area contributed by atoms with Crippen molar-refractivity contribution in [1.82, 2.24) is 0 Å². The van der Waals surface area contributed by atoms with Crippen LogP contribution in [-0.2, 0) is 9.53 Å². The van der Waals surface area contributed by atoms with Gasteiger partial charge in [-0.2, -0.15) is 11.8 Å². The van der Waals surface area contributed by atoms with Gasteiger partial charge in [0.25, 0.3) is 0 Å². The maximum absolute atomic E-state index is 13.4. The number of carbonyl (C=O) groups is 1. The SMILES string of the molecule is COC(=O)C1(C)CSCCC1F. The lowest BCUT2D eigenvalue weighted by Gasteiger charge is -2.33. The highest BCUT2D eigenvalue weighted by atomic mass is 32.2. The highest BCUT2D eigenvalue weighted by molar-refractivity contribution is 7.99. The second-order valence-corrected chi connectivity index (χ2v) is 4.32. The highest BCUT2D eigenvalue weighted by Crippen LogP contribution is 2.37. The second-order valence-electron chi connectivity index (χ2n) is 3.22. The van der Waals surface area contributed by atoms with Crippen LogP contribution in [0.15, 0.2) is 0 Å². The lowest BCUT2D eigenvalue weighted by Crippen LogP contribution is -2.43. The number of methoxy groups -OCH3 is 1. The minimum absolute atomic E-state index is 0.429. The zero-order chi connectivity index (χ0) is 9.19. The van der Waals surface area contributed by atoms with E-state index in [0.717, 1.165) is 5.75 Å². The Hall–Kier alpha value is -0.250. The summed E-state index contributed by atoms with van der Waals surface area (Å²) >= 11 is 1.61. The van der Waals surface area contributed by atoms with E-state index in [-0.39, 0.29) is 0 Å². The summed E-state index contributed by atoms with van der Waals surface area (Å²) in [5.41, 5.74) is -0.919. The predicted molar refractivity (Wildman–Crippen MR) is 47.0 cm³/mol. The summed E-state index contributed by atoms with van der Waals surface area (Å²) in [6.07, 6.45) is -0.595. The maximum atomic E-state index is 13.4. The summed E-state index contributed by atoms with van der Waals surface area (Å²) in [6, 6.07) is 0. The van der Waals surface area contributed by atoms with E-state index in [1.54, 1.807) is 18.7 Å². The van der Waals surface area contributed by atoms with Gasteiger partial charge in [-0.25, -0.2) is 4.39 Å². The fourth-order valence-corrected chi connectivity index (χ4v) is 2.54. The van der Waals surface area contributed by atoms with Crippen LogP contribution in [0, 0.1) is 5.41 Å². The summed E-state index contributed by atoms with van der Waals surface area (Å²) in [5, 5.41) is 0. The van der Waals surface area contributed by atoms with Crippen LogP contribution in [0.2, 0.25) is 0 Å². The predicted octanol–water partition coefficient (Wildman–Crippen LogP) is 1.64. The number of hydrogen-bond acceptors (Lipinski definition) is 3. The molecule has 2 nitrogen and oxygen atoms in total. The molecule has 0 aliphatic carbocycles. The topological polar surface area (TPSA) is 26.3 Å². The minimum atomic E-state index is -1.05. The van der Waals surface area contributed by atoms with Crippen molar-refractivity contribution >= 4 is 17.7 Å². The second kappa shape index (κ2) is 3.64. The molecule has 1 aliphatic heterocycles. The van der Waals surface area contributed by atoms with Crippen LogP contribution >= 0.6 is 11.8 Å². The standard InChI is InChI=1S/C8H13FO2S/c1-8(7(10)11-2)5-12-4-3-6(8)9/h6H,3-5H2,1-2H3. The van der Waals surface area contributed by atoms with E-state index in [1.807, 2.05) is 0 Å². The van der Waals surface area contributed by atoms with Crippen molar-refractivity contribution in [2.45, 2.75) is 19.5 Å². The van der Waals surface area contributed by atoms with Crippen LogP contribution in [-0.4, -0.2) is 30.8 Å². The van der Waals surface area contributed by atoms with Gasteiger partial charge in [-0.15, -0.1) is 0 Å². The van der Waals surface area contributed by atoms with E-state index in [4.69, 9.17) is 0 Å². The van der Waals surface area contributed by atoms with Gasteiger partial charge in [0.15, 0.2) is 0 Å². The lowest BCUT2D eigenvalue weighted by atomic mass is 9.85.